The molecule has 28 heavy (non-hydrogen) atoms. The van der Waals surface area contributed by atoms with Crippen molar-refractivity contribution < 1.29 is 34.7 Å². The standard InChI is InChI=1S/C21H14O7/c22-12-3-1-10(2-4-12)20-18(11-5-13(23)7-14(24)6-11)19-16(21(26)27)8-15(25)9-17(19)28-20/h1-9,22-25H,(H,26,27). The van der Waals surface area contributed by atoms with E-state index in [2.05, 4.69) is 0 Å². The summed E-state index contributed by atoms with van der Waals surface area (Å²) in [4.78, 5) is 11.8. The highest BCUT2D eigenvalue weighted by Gasteiger charge is 2.24. The van der Waals surface area contributed by atoms with Gasteiger partial charge in [0.1, 0.15) is 34.3 Å². The second-order valence-electron chi connectivity index (χ2n) is 6.26. The molecule has 0 fully saturated rings. The highest BCUT2D eigenvalue weighted by molar-refractivity contribution is 6.12. The van der Waals surface area contributed by atoms with Gasteiger partial charge in [0.25, 0.3) is 0 Å². The number of aromatic carboxylic acids is 1. The number of phenols is 4. The van der Waals surface area contributed by atoms with Gasteiger partial charge < -0.3 is 29.9 Å². The molecule has 3 aromatic carbocycles. The number of fused-ring (bicyclic) bond motifs is 1. The Morgan fingerprint density at radius 1 is 0.714 bits per heavy atom. The lowest BCUT2D eigenvalue weighted by atomic mass is 9.95. The first-order chi connectivity index (χ1) is 13.3. The smallest absolute Gasteiger partial charge is 0.336 e. The first-order valence-electron chi connectivity index (χ1n) is 8.19. The maximum atomic E-state index is 11.8. The zero-order valence-corrected chi connectivity index (χ0v) is 14.2. The molecule has 7 nitrogen and oxygen atoms in total. The SMILES string of the molecule is O=C(O)c1cc(O)cc2oc(-c3ccc(O)cc3)c(-c3cc(O)cc(O)c3)c12. The van der Waals surface area contributed by atoms with Gasteiger partial charge in [0.15, 0.2) is 0 Å². The molecule has 0 spiro atoms. The van der Waals surface area contributed by atoms with Gasteiger partial charge in [0.05, 0.1) is 5.56 Å². The van der Waals surface area contributed by atoms with E-state index in [-0.39, 0.29) is 45.3 Å². The Balaban J connectivity index is 2.15. The minimum absolute atomic E-state index is 0.0419. The normalized spacial score (nSPS) is 11.0. The number of carboxylic acids is 1. The molecule has 0 aliphatic rings. The summed E-state index contributed by atoms with van der Waals surface area (Å²) in [6.45, 7) is 0. The fourth-order valence-electron chi connectivity index (χ4n) is 3.21. The molecule has 0 unspecified atom stereocenters. The summed E-state index contributed by atoms with van der Waals surface area (Å²) in [6, 6.07) is 12.3. The maximum absolute atomic E-state index is 11.8. The van der Waals surface area contributed by atoms with E-state index in [1.54, 1.807) is 12.1 Å². The van der Waals surface area contributed by atoms with Gasteiger partial charge in [0.2, 0.25) is 0 Å². The molecule has 0 saturated carbocycles. The van der Waals surface area contributed by atoms with Gasteiger partial charge in [-0.05, 0) is 48.0 Å². The van der Waals surface area contributed by atoms with Gasteiger partial charge in [0, 0.05) is 28.6 Å². The average molecular weight is 378 g/mol. The van der Waals surface area contributed by atoms with E-state index in [1.807, 2.05) is 0 Å². The molecule has 5 N–H and O–H groups in total. The predicted octanol–water partition coefficient (Wildman–Crippen LogP) is 4.29. The Bertz CT molecular complexity index is 1200. The van der Waals surface area contributed by atoms with Gasteiger partial charge in [-0.15, -0.1) is 0 Å². The molecule has 0 bridgehead atoms. The van der Waals surface area contributed by atoms with Crippen LogP contribution in [-0.2, 0) is 0 Å². The molecule has 1 aromatic heterocycles. The number of rotatable bonds is 3. The topological polar surface area (TPSA) is 131 Å². The van der Waals surface area contributed by atoms with Crippen molar-refractivity contribution in [2.45, 2.75) is 0 Å². The first kappa shape index (κ1) is 17.3. The van der Waals surface area contributed by atoms with Crippen molar-refractivity contribution in [1.29, 1.82) is 0 Å². The van der Waals surface area contributed by atoms with Crippen LogP contribution in [0.15, 0.2) is 59.0 Å². The number of benzene rings is 3. The van der Waals surface area contributed by atoms with Gasteiger partial charge in [-0.25, -0.2) is 4.79 Å². The average Bonchev–Trinajstić information content (AvgIpc) is 2.99. The fraction of sp³-hybridized carbons (Fsp3) is 0. The second-order valence-corrected chi connectivity index (χ2v) is 6.26. The Kier molecular flexibility index (Phi) is 3.85. The minimum Gasteiger partial charge on any atom is -0.508 e. The molecular weight excluding hydrogens is 364 g/mol. The number of carbonyl (C=O) groups is 1. The minimum atomic E-state index is -1.27. The number of phenolic OH excluding ortho intramolecular Hbond substituents is 4. The largest absolute Gasteiger partial charge is 0.508 e. The van der Waals surface area contributed by atoms with Crippen LogP contribution in [0.5, 0.6) is 23.0 Å². The molecule has 0 atom stereocenters. The van der Waals surface area contributed by atoms with Crippen molar-refractivity contribution in [3.8, 4) is 45.4 Å². The molecule has 0 amide bonds. The summed E-state index contributed by atoms with van der Waals surface area (Å²) in [5, 5.41) is 49.1. The maximum Gasteiger partial charge on any atom is 0.336 e. The summed E-state index contributed by atoms with van der Waals surface area (Å²) in [5.41, 5.74) is 1.11. The van der Waals surface area contributed by atoms with E-state index in [0.717, 1.165) is 12.1 Å². The molecule has 0 saturated heterocycles. The molecule has 140 valence electrons. The van der Waals surface area contributed by atoms with E-state index in [0.29, 0.717) is 16.7 Å². The van der Waals surface area contributed by atoms with E-state index in [1.165, 1.54) is 30.3 Å². The van der Waals surface area contributed by atoms with Crippen LogP contribution in [0.25, 0.3) is 33.4 Å². The third-order valence-electron chi connectivity index (χ3n) is 4.33. The van der Waals surface area contributed by atoms with Crippen molar-refractivity contribution in [3.05, 3.63) is 60.2 Å². The van der Waals surface area contributed by atoms with Crippen LogP contribution in [0.2, 0.25) is 0 Å². The summed E-state index contributed by atoms with van der Waals surface area (Å²) >= 11 is 0. The number of hydrogen-bond acceptors (Lipinski definition) is 6. The van der Waals surface area contributed by atoms with Gasteiger partial charge in [-0.1, -0.05) is 0 Å². The van der Waals surface area contributed by atoms with Crippen LogP contribution in [0.4, 0.5) is 0 Å². The molecule has 7 heteroatoms. The van der Waals surface area contributed by atoms with Crippen LogP contribution in [0.1, 0.15) is 10.4 Å². The summed E-state index contributed by atoms with van der Waals surface area (Å²) < 4.78 is 5.86. The van der Waals surface area contributed by atoms with Crippen molar-refractivity contribution in [3.63, 3.8) is 0 Å². The summed E-state index contributed by atoms with van der Waals surface area (Å²) in [6.07, 6.45) is 0. The number of carboxylic acid groups (broad SMARTS) is 1. The summed E-state index contributed by atoms with van der Waals surface area (Å²) in [5.74, 6) is -1.67. The lowest BCUT2D eigenvalue weighted by Crippen LogP contribution is -1.97. The van der Waals surface area contributed by atoms with Crippen LogP contribution in [0, 0.1) is 0 Å². The Morgan fingerprint density at radius 2 is 1.32 bits per heavy atom. The highest BCUT2D eigenvalue weighted by atomic mass is 16.4. The van der Waals surface area contributed by atoms with Crippen molar-refractivity contribution in [2.75, 3.05) is 0 Å². The Labute approximate surface area is 158 Å². The zero-order valence-electron chi connectivity index (χ0n) is 14.2. The highest BCUT2D eigenvalue weighted by Crippen LogP contribution is 2.45. The van der Waals surface area contributed by atoms with E-state index >= 15 is 0 Å². The fourth-order valence-corrected chi connectivity index (χ4v) is 3.21. The molecule has 0 aliphatic carbocycles. The lowest BCUT2D eigenvalue weighted by molar-refractivity contribution is 0.0698. The van der Waals surface area contributed by atoms with Gasteiger partial charge in [-0.3, -0.25) is 0 Å². The van der Waals surface area contributed by atoms with E-state index < -0.39 is 5.97 Å². The molecule has 0 radical (unpaired) electrons. The van der Waals surface area contributed by atoms with Crippen LogP contribution >= 0.6 is 0 Å². The first-order valence-corrected chi connectivity index (χ1v) is 8.19. The van der Waals surface area contributed by atoms with Crippen LogP contribution < -0.4 is 0 Å². The van der Waals surface area contributed by atoms with Gasteiger partial charge >= 0.3 is 5.97 Å². The third kappa shape index (κ3) is 2.84. The molecular formula is C21H14O7. The van der Waals surface area contributed by atoms with Crippen LogP contribution in [0.3, 0.4) is 0 Å². The van der Waals surface area contributed by atoms with Gasteiger partial charge in [-0.2, -0.15) is 0 Å². The molecule has 0 aliphatic heterocycles. The summed E-state index contributed by atoms with van der Waals surface area (Å²) in [7, 11) is 0. The predicted molar refractivity (Wildman–Crippen MR) is 101 cm³/mol. The Hall–Kier alpha value is -4.13. The third-order valence-corrected chi connectivity index (χ3v) is 4.33. The van der Waals surface area contributed by atoms with Crippen molar-refractivity contribution in [2.24, 2.45) is 0 Å². The lowest BCUT2D eigenvalue weighted by Gasteiger charge is -2.07. The Morgan fingerprint density at radius 3 is 1.93 bits per heavy atom. The molecule has 1 heterocycles. The number of hydrogen-bond donors (Lipinski definition) is 5. The quantitative estimate of drug-likeness (QED) is 0.359. The molecule has 4 rings (SSSR count). The van der Waals surface area contributed by atoms with E-state index in [9.17, 15) is 30.3 Å². The van der Waals surface area contributed by atoms with E-state index in [4.69, 9.17) is 4.42 Å². The van der Waals surface area contributed by atoms with Crippen molar-refractivity contribution in [1.82, 2.24) is 0 Å². The monoisotopic (exact) mass is 378 g/mol. The van der Waals surface area contributed by atoms with Crippen molar-refractivity contribution >= 4 is 16.9 Å². The zero-order chi connectivity index (χ0) is 20.0. The molecule has 4 aromatic rings. The number of furan rings is 1. The second kappa shape index (κ2) is 6.24. The van der Waals surface area contributed by atoms with Crippen LogP contribution in [-0.4, -0.2) is 31.5 Å². The number of aromatic hydroxyl groups is 4.